The van der Waals surface area contributed by atoms with E-state index in [2.05, 4.69) is 5.32 Å². The maximum Gasteiger partial charge on any atom is 0.323 e. The van der Waals surface area contributed by atoms with E-state index < -0.39 is 11.5 Å². The average molecular weight is 259 g/mol. The first-order chi connectivity index (χ1) is 8.44. The molecule has 2 N–H and O–H groups in total. The molecule has 1 heterocycles. The molecule has 5 nitrogen and oxygen atoms in total. The van der Waals surface area contributed by atoms with Crippen LogP contribution in [-0.2, 0) is 14.3 Å². The van der Waals surface area contributed by atoms with E-state index in [4.69, 9.17) is 9.47 Å². The minimum Gasteiger partial charge on any atom is -0.480 e. The Labute approximate surface area is 109 Å². The van der Waals surface area contributed by atoms with E-state index in [-0.39, 0.29) is 12.1 Å². The van der Waals surface area contributed by atoms with Crippen molar-refractivity contribution in [2.75, 3.05) is 19.8 Å². The fourth-order valence-corrected chi connectivity index (χ4v) is 2.15. The molecular weight excluding hydrogens is 234 g/mol. The van der Waals surface area contributed by atoms with E-state index >= 15 is 0 Å². The van der Waals surface area contributed by atoms with Crippen LogP contribution in [0.15, 0.2) is 0 Å². The first kappa shape index (κ1) is 15.4. The van der Waals surface area contributed by atoms with Gasteiger partial charge in [0.25, 0.3) is 0 Å². The highest BCUT2D eigenvalue weighted by molar-refractivity contribution is 5.78. The quantitative estimate of drug-likeness (QED) is 0.723. The molecule has 1 unspecified atom stereocenters. The Kier molecular flexibility index (Phi) is 6.05. The maximum absolute atomic E-state index is 11.3. The van der Waals surface area contributed by atoms with Gasteiger partial charge in [0, 0.05) is 25.9 Å². The van der Waals surface area contributed by atoms with Crippen molar-refractivity contribution in [1.29, 1.82) is 0 Å². The molecule has 0 radical (unpaired) electrons. The van der Waals surface area contributed by atoms with Gasteiger partial charge in [0.1, 0.15) is 5.54 Å². The van der Waals surface area contributed by atoms with E-state index in [1.165, 1.54) is 0 Å². The summed E-state index contributed by atoms with van der Waals surface area (Å²) in [5, 5.41) is 12.4. The van der Waals surface area contributed by atoms with Crippen molar-refractivity contribution in [2.24, 2.45) is 0 Å². The fourth-order valence-electron chi connectivity index (χ4n) is 2.15. The Bertz CT molecular complexity index is 264. The SMILES string of the molecule is CC(C)NC(C)(CCOC1CCOCC1)C(=O)O. The Morgan fingerprint density at radius 2 is 2.11 bits per heavy atom. The molecule has 1 rings (SSSR count). The van der Waals surface area contributed by atoms with Crippen LogP contribution in [0, 0.1) is 0 Å². The predicted octanol–water partition coefficient (Wildman–Crippen LogP) is 1.41. The third-order valence-electron chi connectivity index (χ3n) is 3.20. The van der Waals surface area contributed by atoms with Gasteiger partial charge in [-0.1, -0.05) is 0 Å². The van der Waals surface area contributed by atoms with E-state index in [1.807, 2.05) is 13.8 Å². The zero-order chi connectivity index (χ0) is 13.6. The molecule has 1 atom stereocenters. The highest BCUT2D eigenvalue weighted by atomic mass is 16.5. The smallest absolute Gasteiger partial charge is 0.323 e. The standard InChI is InChI=1S/C13H25NO4/c1-10(2)14-13(3,12(15)16)6-9-18-11-4-7-17-8-5-11/h10-11,14H,4-9H2,1-3H3,(H,15,16). The molecule has 1 fully saturated rings. The molecule has 0 bridgehead atoms. The summed E-state index contributed by atoms with van der Waals surface area (Å²) < 4.78 is 11.0. The van der Waals surface area contributed by atoms with Gasteiger partial charge < -0.3 is 14.6 Å². The molecule has 0 aromatic heterocycles. The van der Waals surface area contributed by atoms with Crippen molar-refractivity contribution in [3.8, 4) is 0 Å². The number of carbonyl (C=O) groups is 1. The number of rotatable bonds is 7. The van der Waals surface area contributed by atoms with Crippen LogP contribution in [0.3, 0.4) is 0 Å². The summed E-state index contributed by atoms with van der Waals surface area (Å²) in [5.41, 5.74) is -0.917. The molecule has 106 valence electrons. The van der Waals surface area contributed by atoms with Crippen molar-refractivity contribution in [2.45, 2.75) is 57.7 Å². The van der Waals surface area contributed by atoms with Gasteiger partial charge in [0.2, 0.25) is 0 Å². The van der Waals surface area contributed by atoms with Crippen LogP contribution in [0.25, 0.3) is 0 Å². The van der Waals surface area contributed by atoms with Crippen LogP contribution in [0.4, 0.5) is 0 Å². The van der Waals surface area contributed by atoms with E-state index in [0.29, 0.717) is 13.0 Å². The first-order valence-corrected chi connectivity index (χ1v) is 6.64. The summed E-state index contributed by atoms with van der Waals surface area (Å²) in [7, 11) is 0. The molecule has 0 aliphatic carbocycles. The lowest BCUT2D eigenvalue weighted by Crippen LogP contribution is -2.53. The van der Waals surface area contributed by atoms with Gasteiger partial charge in [-0.25, -0.2) is 0 Å². The number of nitrogens with one attached hydrogen (secondary N) is 1. The zero-order valence-electron chi connectivity index (χ0n) is 11.6. The third kappa shape index (κ3) is 4.92. The molecule has 0 amide bonds. The fraction of sp³-hybridized carbons (Fsp3) is 0.923. The number of carboxylic acid groups (broad SMARTS) is 1. The molecule has 0 aromatic carbocycles. The summed E-state index contributed by atoms with van der Waals surface area (Å²) in [4.78, 5) is 11.3. The monoisotopic (exact) mass is 259 g/mol. The van der Waals surface area contributed by atoms with Gasteiger partial charge in [-0.05, 0) is 40.0 Å². The Balaban J connectivity index is 2.35. The van der Waals surface area contributed by atoms with E-state index in [9.17, 15) is 9.90 Å². The number of hydrogen-bond donors (Lipinski definition) is 2. The van der Waals surface area contributed by atoms with Crippen molar-refractivity contribution < 1.29 is 19.4 Å². The number of hydrogen-bond acceptors (Lipinski definition) is 4. The van der Waals surface area contributed by atoms with Crippen LogP contribution in [-0.4, -0.2) is 48.6 Å². The lowest BCUT2D eigenvalue weighted by molar-refractivity contribution is -0.145. The molecule has 1 aliphatic rings. The molecular formula is C13H25NO4. The lowest BCUT2D eigenvalue weighted by atomic mass is 9.97. The van der Waals surface area contributed by atoms with Gasteiger partial charge >= 0.3 is 5.97 Å². The first-order valence-electron chi connectivity index (χ1n) is 6.64. The molecule has 0 saturated carbocycles. The topological polar surface area (TPSA) is 67.8 Å². The van der Waals surface area contributed by atoms with Gasteiger partial charge in [0.15, 0.2) is 0 Å². The second kappa shape index (κ2) is 7.07. The third-order valence-corrected chi connectivity index (χ3v) is 3.20. The number of aliphatic carboxylic acids is 1. The average Bonchev–Trinajstić information content (AvgIpc) is 2.29. The number of carboxylic acids is 1. The predicted molar refractivity (Wildman–Crippen MR) is 68.7 cm³/mol. The van der Waals surface area contributed by atoms with Crippen molar-refractivity contribution in [3.05, 3.63) is 0 Å². The van der Waals surface area contributed by atoms with Crippen molar-refractivity contribution >= 4 is 5.97 Å². The summed E-state index contributed by atoms with van der Waals surface area (Å²) >= 11 is 0. The van der Waals surface area contributed by atoms with Crippen LogP contribution < -0.4 is 5.32 Å². The van der Waals surface area contributed by atoms with Gasteiger partial charge in [-0.2, -0.15) is 0 Å². The van der Waals surface area contributed by atoms with Crippen LogP contribution in [0.1, 0.15) is 40.0 Å². The second-order valence-corrected chi connectivity index (χ2v) is 5.37. The van der Waals surface area contributed by atoms with Gasteiger partial charge in [-0.3, -0.25) is 10.1 Å². The van der Waals surface area contributed by atoms with Crippen LogP contribution in [0.5, 0.6) is 0 Å². The minimum atomic E-state index is -0.917. The highest BCUT2D eigenvalue weighted by Crippen LogP contribution is 2.15. The largest absolute Gasteiger partial charge is 0.480 e. The summed E-state index contributed by atoms with van der Waals surface area (Å²) in [5.74, 6) is -0.827. The Hall–Kier alpha value is -0.650. The van der Waals surface area contributed by atoms with Crippen LogP contribution >= 0.6 is 0 Å². The summed E-state index contributed by atoms with van der Waals surface area (Å²) in [6.45, 7) is 7.55. The minimum absolute atomic E-state index is 0.134. The van der Waals surface area contributed by atoms with Gasteiger partial charge in [-0.15, -0.1) is 0 Å². The van der Waals surface area contributed by atoms with E-state index in [0.717, 1.165) is 26.1 Å². The summed E-state index contributed by atoms with van der Waals surface area (Å²) in [6, 6.07) is 0.134. The van der Waals surface area contributed by atoms with Crippen LogP contribution in [0.2, 0.25) is 0 Å². The normalized spacial score (nSPS) is 20.9. The van der Waals surface area contributed by atoms with Gasteiger partial charge in [0.05, 0.1) is 6.10 Å². The molecule has 0 spiro atoms. The zero-order valence-corrected chi connectivity index (χ0v) is 11.6. The maximum atomic E-state index is 11.3. The second-order valence-electron chi connectivity index (χ2n) is 5.37. The van der Waals surface area contributed by atoms with Crippen molar-refractivity contribution in [3.63, 3.8) is 0 Å². The Morgan fingerprint density at radius 3 is 2.61 bits per heavy atom. The highest BCUT2D eigenvalue weighted by Gasteiger charge is 2.33. The molecule has 18 heavy (non-hydrogen) atoms. The Morgan fingerprint density at radius 1 is 1.50 bits per heavy atom. The molecule has 0 aromatic rings. The number of ether oxygens (including phenoxy) is 2. The van der Waals surface area contributed by atoms with E-state index in [1.54, 1.807) is 6.92 Å². The molecule has 5 heteroatoms. The van der Waals surface area contributed by atoms with Crippen molar-refractivity contribution in [1.82, 2.24) is 5.32 Å². The lowest BCUT2D eigenvalue weighted by Gasteiger charge is -2.30. The molecule has 1 aliphatic heterocycles. The molecule has 1 saturated heterocycles. The summed E-state index contributed by atoms with van der Waals surface area (Å²) in [6.07, 6.45) is 2.50.